The molecule has 0 aliphatic carbocycles. The summed E-state index contributed by atoms with van der Waals surface area (Å²) in [4.78, 5) is 14.9. The first-order valence-corrected chi connectivity index (χ1v) is 6.03. The fraction of sp³-hybridized carbons (Fsp3) is 0.308. The molecule has 0 amide bonds. The third-order valence-electron chi connectivity index (χ3n) is 2.71. The zero-order chi connectivity index (χ0) is 13.8. The van der Waals surface area contributed by atoms with Crippen LogP contribution in [0.2, 0.25) is 0 Å². The lowest BCUT2D eigenvalue weighted by molar-refractivity contribution is 0.0697. The van der Waals surface area contributed by atoms with Crippen molar-refractivity contribution in [2.24, 2.45) is 0 Å². The fourth-order valence-electron chi connectivity index (χ4n) is 1.77. The molecule has 5 nitrogen and oxygen atoms in total. The van der Waals surface area contributed by atoms with Gasteiger partial charge in [0.2, 0.25) is 0 Å². The van der Waals surface area contributed by atoms with Gasteiger partial charge >= 0.3 is 5.97 Å². The molecule has 0 spiro atoms. The molecule has 2 heterocycles. The molecule has 0 aliphatic heterocycles. The summed E-state index contributed by atoms with van der Waals surface area (Å²) in [7, 11) is 0. The molecule has 2 aromatic heterocycles. The number of hydrogen-bond donors (Lipinski definition) is 1. The van der Waals surface area contributed by atoms with Crippen molar-refractivity contribution in [3.05, 3.63) is 36.0 Å². The van der Waals surface area contributed by atoms with Crippen molar-refractivity contribution < 1.29 is 14.3 Å². The minimum atomic E-state index is -1.08. The number of carbonyl (C=O) groups is 1. The number of pyridine rings is 1. The van der Waals surface area contributed by atoms with Crippen molar-refractivity contribution in [2.75, 3.05) is 0 Å². The number of halogens is 1. The van der Waals surface area contributed by atoms with E-state index in [1.54, 1.807) is 4.68 Å². The molecule has 0 saturated heterocycles. The van der Waals surface area contributed by atoms with E-state index in [1.807, 2.05) is 6.92 Å². The van der Waals surface area contributed by atoms with E-state index in [0.29, 0.717) is 12.1 Å². The first kappa shape index (κ1) is 13.2. The predicted molar refractivity (Wildman–Crippen MR) is 67.3 cm³/mol. The van der Waals surface area contributed by atoms with Gasteiger partial charge in [-0.25, -0.2) is 9.18 Å². The number of unbranched alkanes of at least 4 members (excludes halogenated alkanes) is 1. The number of aryl methyl sites for hydroxylation is 1. The SMILES string of the molecule is CCCCn1cc(C(=O)O)c(-c2cncc(F)c2)n1. The first-order chi connectivity index (χ1) is 9.11. The van der Waals surface area contributed by atoms with Gasteiger partial charge in [0.15, 0.2) is 0 Å². The largest absolute Gasteiger partial charge is 0.478 e. The van der Waals surface area contributed by atoms with Crippen molar-refractivity contribution in [2.45, 2.75) is 26.3 Å². The van der Waals surface area contributed by atoms with Gasteiger partial charge in [0.25, 0.3) is 0 Å². The minimum absolute atomic E-state index is 0.0588. The minimum Gasteiger partial charge on any atom is -0.478 e. The third kappa shape index (κ3) is 2.96. The van der Waals surface area contributed by atoms with E-state index in [-0.39, 0.29) is 11.3 Å². The van der Waals surface area contributed by atoms with E-state index in [4.69, 9.17) is 5.11 Å². The Morgan fingerprint density at radius 2 is 2.26 bits per heavy atom. The summed E-state index contributed by atoms with van der Waals surface area (Å²) < 4.78 is 14.7. The van der Waals surface area contributed by atoms with Gasteiger partial charge in [-0.3, -0.25) is 9.67 Å². The molecule has 0 radical (unpaired) electrons. The van der Waals surface area contributed by atoms with Crippen LogP contribution in [0.3, 0.4) is 0 Å². The maximum Gasteiger partial charge on any atom is 0.339 e. The van der Waals surface area contributed by atoms with E-state index in [9.17, 15) is 9.18 Å². The highest BCUT2D eigenvalue weighted by Crippen LogP contribution is 2.22. The van der Waals surface area contributed by atoms with Crippen LogP contribution in [0.1, 0.15) is 30.1 Å². The van der Waals surface area contributed by atoms with Gasteiger partial charge in [-0.2, -0.15) is 5.10 Å². The van der Waals surface area contributed by atoms with Crippen LogP contribution < -0.4 is 0 Å². The van der Waals surface area contributed by atoms with Crippen LogP contribution in [0, 0.1) is 5.82 Å². The van der Waals surface area contributed by atoms with Crippen molar-refractivity contribution in [1.29, 1.82) is 0 Å². The molecule has 100 valence electrons. The molecular formula is C13H14FN3O2. The smallest absolute Gasteiger partial charge is 0.339 e. The molecule has 2 aromatic rings. The van der Waals surface area contributed by atoms with Crippen molar-refractivity contribution >= 4 is 5.97 Å². The highest BCUT2D eigenvalue weighted by atomic mass is 19.1. The number of aromatic carboxylic acids is 1. The molecule has 1 N–H and O–H groups in total. The van der Waals surface area contributed by atoms with Gasteiger partial charge in [-0.05, 0) is 12.5 Å². The van der Waals surface area contributed by atoms with E-state index in [2.05, 4.69) is 10.1 Å². The standard InChI is InChI=1S/C13H14FN3O2/c1-2-3-4-17-8-11(13(18)19)12(16-17)9-5-10(14)7-15-6-9/h5-8H,2-4H2,1H3,(H,18,19). The van der Waals surface area contributed by atoms with Gasteiger partial charge in [0.1, 0.15) is 17.1 Å². The number of hydrogen-bond acceptors (Lipinski definition) is 3. The first-order valence-electron chi connectivity index (χ1n) is 6.03. The maximum absolute atomic E-state index is 13.2. The number of aromatic nitrogens is 3. The summed E-state index contributed by atoms with van der Waals surface area (Å²) in [6.07, 6.45) is 5.83. The van der Waals surface area contributed by atoms with E-state index in [0.717, 1.165) is 19.0 Å². The van der Waals surface area contributed by atoms with Crippen LogP contribution in [0.4, 0.5) is 4.39 Å². The molecule has 2 rings (SSSR count). The lowest BCUT2D eigenvalue weighted by Crippen LogP contribution is -1.98. The van der Waals surface area contributed by atoms with Crippen LogP contribution >= 0.6 is 0 Å². The van der Waals surface area contributed by atoms with Gasteiger partial charge in [0, 0.05) is 24.5 Å². The molecule has 19 heavy (non-hydrogen) atoms. The summed E-state index contributed by atoms with van der Waals surface area (Å²) >= 11 is 0. The molecule has 0 unspecified atom stereocenters. The Bertz CT molecular complexity index is 595. The average Bonchev–Trinajstić information content (AvgIpc) is 2.80. The quantitative estimate of drug-likeness (QED) is 0.900. The predicted octanol–water partition coefficient (Wildman–Crippen LogP) is 2.58. The second kappa shape index (κ2) is 5.60. The topological polar surface area (TPSA) is 68.0 Å². The Kier molecular flexibility index (Phi) is 3.89. The molecule has 6 heteroatoms. The second-order valence-corrected chi connectivity index (χ2v) is 4.20. The van der Waals surface area contributed by atoms with Gasteiger partial charge in [0.05, 0.1) is 6.20 Å². The summed E-state index contributed by atoms with van der Waals surface area (Å²) in [5.74, 6) is -1.60. The molecule has 0 fully saturated rings. The lowest BCUT2D eigenvalue weighted by Gasteiger charge is -1.99. The third-order valence-corrected chi connectivity index (χ3v) is 2.71. The summed E-state index contributed by atoms with van der Waals surface area (Å²) in [5, 5.41) is 13.4. The van der Waals surface area contributed by atoms with Crippen LogP contribution in [-0.2, 0) is 6.54 Å². The Balaban J connectivity index is 2.43. The Morgan fingerprint density at radius 3 is 2.89 bits per heavy atom. The van der Waals surface area contributed by atoms with Crippen molar-refractivity contribution in [1.82, 2.24) is 14.8 Å². The summed E-state index contributed by atoms with van der Waals surface area (Å²) in [6.45, 7) is 2.68. The monoisotopic (exact) mass is 263 g/mol. The van der Waals surface area contributed by atoms with Crippen LogP contribution in [0.5, 0.6) is 0 Å². The maximum atomic E-state index is 13.2. The molecule has 0 aliphatic rings. The van der Waals surface area contributed by atoms with Gasteiger partial charge < -0.3 is 5.11 Å². The Hall–Kier alpha value is -2.24. The average molecular weight is 263 g/mol. The van der Waals surface area contributed by atoms with Crippen molar-refractivity contribution in [3.63, 3.8) is 0 Å². The van der Waals surface area contributed by atoms with E-state index >= 15 is 0 Å². The van der Waals surface area contributed by atoms with Crippen LogP contribution in [-0.4, -0.2) is 25.8 Å². The summed E-state index contributed by atoms with van der Waals surface area (Å²) in [5.41, 5.74) is 0.673. The van der Waals surface area contributed by atoms with Gasteiger partial charge in [-0.1, -0.05) is 13.3 Å². The number of carboxylic acid groups (broad SMARTS) is 1. The number of nitrogens with zero attached hydrogens (tertiary/aromatic N) is 3. The fourth-order valence-corrected chi connectivity index (χ4v) is 1.77. The molecule has 0 aromatic carbocycles. The molecular weight excluding hydrogens is 249 g/mol. The Morgan fingerprint density at radius 1 is 1.47 bits per heavy atom. The number of rotatable bonds is 5. The molecule has 0 bridgehead atoms. The van der Waals surface area contributed by atoms with Gasteiger partial charge in [-0.15, -0.1) is 0 Å². The highest BCUT2D eigenvalue weighted by molar-refractivity contribution is 5.94. The highest BCUT2D eigenvalue weighted by Gasteiger charge is 2.17. The lowest BCUT2D eigenvalue weighted by atomic mass is 10.1. The van der Waals surface area contributed by atoms with E-state index in [1.165, 1.54) is 18.5 Å². The van der Waals surface area contributed by atoms with E-state index < -0.39 is 11.8 Å². The van der Waals surface area contributed by atoms with Crippen LogP contribution in [0.15, 0.2) is 24.7 Å². The Labute approximate surface area is 109 Å². The zero-order valence-corrected chi connectivity index (χ0v) is 10.5. The second-order valence-electron chi connectivity index (χ2n) is 4.20. The molecule has 0 saturated carbocycles. The van der Waals surface area contributed by atoms with Crippen LogP contribution in [0.25, 0.3) is 11.3 Å². The molecule has 0 atom stereocenters. The van der Waals surface area contributed by atoms with Crippen molar-refractivity contribution in [3.8, 4) is 11.3 Å². The summed E-state index contributed by atoms with van der Waals surface area (Å²) in [6, 6.07) is 1.23. The number of carboxylic acids is 1. The zero-order valence-electron chi connectivity index (χ0n) is 10.5. The normalized spacial score (nSPS) is 10.6.